The monoisotopic (exact) mass is 323 g/mol. The number of carbonyl (C=O) groups excluding carboxylic acids is 1. The Labute approximate surface area is 141 Å². The molecule has 1 N–H and O–H groups in total. The van der Waals surface area contributed by atoms with E-state index in [2.05, 4.69) is 15.4 Å². The van der Waals surface area contributed by atoms with Crippen molar-refractivity contribution >= 4 is 22.9 Å². The van der Waals surface area contributed by atoms with E-state index in [9.17, 15) is 4.79 Å². The molecule has 3 aromatic rings. The highest BCUT2D eigenvalue weighted by Gasteiger charge is 2.13. The number of carbonyl (C=O) groups is 1. The first-order chi connectivity index (χ1) is 11.5. The fourth-order valence-corrected chi connectivity index (χ4v) is 2.65. The van der Waals surface area contributed by atoms with Gasteiger partial charge in [0.2, 0.25) is 5.91 Å². The Bertz CT molecular complexity index is 838. The zero-order valence-corrected chi connectivity index (χ0v) is 14.1. The van der Waals surface area contributed by atoms with Crippen LogP contribution in [0.15, 0.2) is 48.9 Å². The summed E-state index contributed by atoms with van der Waals surface area (Å²) < 4.78 is 1.77. The molecule has 0 aliphatic rings. The number of rotatable bonds is 5. The summed E-state index contributed by atoms with van der Waals surface area (Å²) in [6, 6.07) is 12.1. The van der Waals surface area contributed by atoms with E-state index in [4.69, 9.17) is 0 Å². The van der Waals surface area contributed by atoms with Crippen LogP contribution in [-0.2, 0) is 11.3 Å². The first-order valence-electron chi connectivity index (χ1n) is 7.96. The summed E-state index contributed by atoms with van der Waals surface area (Å²) in [5.74, 6) is 0.846. The maximum absolute atomic E-state index is 11.7. The van der Waals surface area contributed by atoms with Gasteiger partial charge in [-0.3, -0.25) is 4.79 Å². The topological polar surface area (TPSA) is 62.5 Å². The number of nitrogens with zero attached hydrogens (tertiary/aromatic N) is 4. The van der Waals surface area contributed by atoms with Crippen LogP contribution >= 0.6 is 0 Å². The molecule has 0 aliphatic heterocycles. The van der Waals surface area contributed by atoms with Gasteiger partial charge in [-0.05, 0) is 43.7 Å². The van der Waals surface area contributed by atoms with Crippen molar-refractivity contribution in [3.05, 3.63) is 54.5 Å². The third-order valence-corrected chi connectivity index (χ3v) is 3.93. The molecule has 0 spiro atoms. The van der Waals surface area contributed by atoms with Gasteiger partial charge >= 0.3 is 0 Å². The third-order valence-electron chi connectivity index (χ3n) is 3.93. The lowest BCUT2D eigenvalue weighted by atomic mass is 10.1. The average Bonchev–Trinajstić information content (AvgIpc) is 3.03. The minimum absolute atomic E-state index is 0.0869. The molecule has 3 rings (SSSR count). The van der Waals surface area contributed by atoms with Crippen LogP contribution in [0, 0.1) is 0 Å². The Morgan fingerprint density at radius 2 is 2.00 bits per heavy atom. The first-order valence-corrected chi connectivity index (χ1v) is 7.96. The molecule has 6 heteroatoms. The highest BCUT2D eigenvalue weighted by molar-refractivity contribution is 5.74. The standard InChI is InChI=1S/C18H21N5O/c1-13(2)22(14(3)24)11-15-6-8-16(9-7-15)21-18-17-5-4-10-23(17)20-12-19-18/h4-10,12-13H,11H2,1-3H3,(H,19,20,21). The Morgan fingerprint density at radius 1 is 1.25 bits per heavy atom. The van der Waals surface area contributed by atoms with Gasteiger partial charge in [0, 0.05) is 31.4 Å². The molecule has 1 amide bonds. The quantitative estimate of drug-likeness (QED) is 0.783. The fourth-order valence-electron chi connectivity index (χ4n) is 2.65. The van der Waals surface area contributed by atoms with Crippen LogP contribution in [0.2, 0.25) is 0 Å². The van der Waals surface area contributed by atoms with Crippen LogP contribution in [0.25, 0.3) is 5.52 Å². The van der Waals surface area contributed by atoms with E-state index in [1.165, 1.54) is 6.33 Å². The van der Waals surface area contributed by atoms with Gasteiger partial charge in [-0.25, -0.2) is 9.50 Å². The maximum atomic E-state index is 11.7. The molecule has 0 bridgehead atoms. The maximum Gasteiger partial charge on any atom is 0.219 e. The predicted molar refractivity (Wildman–Crippen MR) is 94.1 cm³/mol. The van der Waals surface area contributed by atoms with E-state index in [-0.39, 0.29) is 11.9 Å². The molecule has 0 radical (unpaired) electrons. The average molecular weight is 323 g/mol. The lowest BCUT2D eigenvalue weighted by Crippen LogP contribution is -2.34. The minimum atomic E-state index is 0.0869. The minimum Gasteiger partial charge on any atom is -0.338 e. The van der Waals surface area contributed by atoms with Crippen molar-refractivity contribution in [1.82, 2.24) is 19.5 Å². The van der Waals surface area contributed by atoms with Gasteiger partial charge in [-0.2, -0.15) is 5.10 Å². The molecule has 124 valence electrons. The summed E-state index contributed by atoms with van der Waals surface area (Å²) in [5.41, 5.74) is 2.96. The number of hydrogen-bond acceptors (Lipinski definition) is 4. The predicted octanol–water partition coefficient (Wildman–Crippen LogP) is 3.23. The van der Waals surface area contributed by atoms with Gasteiger partial charge in [-0.15, -0.1) is 0 Å². The lowest BCUT2D eigenvalue weighted by Gasteiger charge is -2.25. The molecule has 6 nitrogen and oxygen atoms in total. The molecule has 2 heterocycles. The first kappa shape index (κ1) is 16.0. The van der Waals surface area contributed by atoms with Crippen molar-refractivity contribution in [2.24, 2.45) is 0 Å². The number of nitrogens with one attached hydrogen (secondary N) is 1. The summed E-state index contributed by atoms with van der Waals surface area (Å²) in [6.45, 7) is 6.27. The van der Waals surface area contributed by atoms with E-state index in [0.29, 0.717) is 6.54 Å². The number of fused-ring (bicyclic) bond motifs is 1. The highest BCUT2D eigenvalue weighted by Crippen LogP contribution is 2.20. The molecule has 2 aromatic heterocycles. The third kappa shape index (κ3) is 3.37. The smallest absolute Gasteiger partial charge is 0.219 e. The van der Waals surface area contributed by atoms with Crippen LogP contribution in [0.1, 0.15) is 26.3 Å². The summed E-state index contributed by atoms with van der Waals surface area (Å²) >= 11 is 0. The highest BCUT2D eigenvalue weighted by atomic mass is 16.2. The van der Waals surface area contributed by atoms with Crippen LogP contribution in [0.3, 0.4) is 0 Å². The molecule has 0 fully saturated rings. The summed E-state index contributed by atoms with van der Waals surface area (Å²) in [6.07, 6.45) is 3.41. The molecule has 0 aliphatic carbocycles. The Hall–Kier alpha value is -2.89. The second kappa shape index (κ2) is 6.70. The molecular formula is C18H21N5O. The summed E-state index contributed by atoms with van der Waals surface area (Å²) in [7, 11) is 0. The van der Waals surface area contributed by atoms with Crippen molar-refractivity contribution in [2.45, 2.75) is 33.4 Å². The Morgan fingerprint density at radius 3 is 2.67 bits per heavy atom. The molecule has 1 aromatic carbocycles. The molecule has 24 heavy (non-hydrogen) atoms. The van der Waals surface area contributed by atoms with E-state index in [1.54, 1.807) is 11.4 Å². The molecule has 0 atom stereocenters. The largest absolute Gasteiger partial charge is 0.338 e. The zero-order valence-electron chi connectivity index (χ0n) is 14.1. The number of anilines is 2. The van der Waals surface area contributed by atoms with Crippen LogP contribution in [-0.4, -0.2) is 31.4 Å². The number of amides is 1. The van der Waals surface area contributed by atoms with Crippen LogP contribution in [0.5, 0.6) is 0 Å². The van der Waals surface area contributed by atoms with Crippen molar-refractivity contribution in [3.8, 4) is 0 Å². The van der Waals surface area contributed by atoms with Crippen molar-refractivity contribution in [3.63, 3.8) is 0 Å². The molecular weight excluding hydrogens is 302 g/mol. The van der Waals surface area contributed by atoms with Crippen molar-refractivity contribution in [1.29, 1.82) is 0 Å². The second-order valence-corrected chi connectivity index (χ2v) is 6.01. The van der Waals surface area contributed by atoms with Gasteiger partial charge in [0.1, 0.15) is 11.8 Å². The van der Waals surface area contributed by atoms with Gasteiger partial charge in [0.25, 0.3) is 0 Å². The van der Waals surface area contributed by atoms with Gasteiger partial charge < -0.3 is 10.2 Å². The van der Waals surface area contributed by atoms with E-state index >= 15 is 0 Å². The SMILES string of the molecule is CC(=O)N(Cc1ccc(Nc2ncnn3cccc23)cc1)C(C)C. The van der Waals surface area contributed by atoms with E-state index < -0.39 is 0 Å². The van der Waals surface area contributed by atoms with Crippen molar-refractivity contribution < 1.29 is 4.79 Å². The van der Waals surface area contributed by atoms with Gasteiger partial charge in [0.05, 0.1) is 0 Å². The van der Waals surface area contributed by atoms with Crippen LogP contribution < -0.4 is 5.32 Å². The Balaban J connectivity index is 1.75. The van der Waals surface area contributed by atoms with Crippen molar-refractivity contribution in [2.75, 3.05) is 5.32 Å². The second-order valence-electron chi connectivity index (χ2n) is 6.01. The Kier molecular flexibility index (Phi) is 4.46. The van der Waals surface area contributed by atoms with Crippen LogP contribution in [0.4, 0.5) is 11.5 Å². The summed E-state index contributed by atoms with van der Waals surface area (Å²) in [5, 5.41) is 7.46. The number of hydrogen-bond donors (Lipinski definition) is 1. The number of aromatic nitrogens is 3. The van der Waals surface area contributed by atoms with Gasteiger partial charge in [0.15, 0.2) is 5.82 Å². The van der Waals surface area contributed by atoms with Gasteiger partial charge in [-0.1, -0.05) is 12.1 Å². The number of benzene rings is 1. The molecule has 0 unspecified atom stereocenters. The van der Waals surface area contributed by atoms with E-state index in [0.717, 1.165) is 22.6 Å². The summed E-state index contributed by atoms with van der Waals surface area (Å²) in [4.78, 5) is 17.8. The lowest BCUT2D eigenvalue weighted by molar-refractivity contribution is -0.131. The zero-order chi connectivity index (χ0) is 17.1. The normalized spacial score (nSPS) is 11.0. The molecule has 0 saturated heterocycles. The van der Waals surface area contributed by atoms with E-state index in [1.807, 2.05) is 61.3 Å². The fraction of sp³-hybridized carbons (Fsp3) is 0.278. The molecule has 0 saturated carbocycles.